The standard InChI is InChI=1S/C11H6ClF4N3OS/c12-4-8(20)17-10-19-18-9(21-10)5-1-2-6(7(13)3-5)11(14,15)16/h1-3H,4H2,(H,17,19,20). The average molecular weight is 340 g/mol. The molecule has 0 aliphatic carbocycles. The molecular formula is C11H6ClF4N3OS. The molecule has 2 aromatic rings. The van der Waals surface area contributed by atoms with E-state index in [1.54, 1.807) is 0 Å². The molecule has 0 fully saturated rings. The first-order valence-corrected chi connectivity index (χ1v) is 6.73. The molecule has 0 atom stereocenters. The highest BCUT2D eigenvalue weighted by atomic mass is 35.5. The first kappa shape index (κ1) is 15.6. The van der Waals surface area contributed by atoms with Crippen molar-refractivity contribution in [1.29, 1.82) is 0 Å². The summed E-state index contributed by atoms with van der Waals surface area (Å²) in [6, 6.07) is 2.43. The van der Waals surface area contributed by atoms with Crippen LogP contribution in [0, 0.1) is 5.82 Å². The van der Waals surface area contributed by atoms with Gasteiger partial charge in [0.1, 0.15) is 16.7 Å². The van der Waals surface area contributed by atoms with E-state index in [-0.39, 0.29) is 21.6 Å². The second kappa shape index (κ2) is 5.94. The van der Waals surface area contributed by atoms with Crippen LogP contribution in [0.15, 0.2) is 18.2 Å². The van der Waals surface area contributed by atoms with E-state index in [9.17, 15) is 22.4 Å². The van der Waals surface area contributed by atoms with Gasteiger partial charge in [-0.3, -0.25) is 10.1 Å². The zero-order valence-corrected chi connectivity index (χ0v) is 11.6. The fourth-order valence-corrected chi connectivity index (χ4v) is 2.24. The lowest BCUT2D eigenvalue weighted by Crippen LogP contribution is -2.12. The number of nitrogens with zero attached hydrogens (tertiary/aromatic N) is 2. The number of benzene rings is 1. The summed E-state index contributed by atoms with van der Waals surface area (Å²) < 4.78 is 50.8. The number of hydrogen-bond acceptors (Lipinski definition) is 4. The van der Waals surface area contributed by atoms with Crippen molar-refractivity contribution in [3.8, 4) is 10.6 Å². The van der Waals surface area contributed by atoms with Crippen LogP contribution in [0.2, 0.25) is 0 Å². The van der Waals surface area contributed by atoms with E-state index in [0.29, 0.717) is 6.07 Å². The number of aromatic nitrogens is 2. The van der Waals surface area contributed by atoms with Crippen molar-refractivity contribution in [2.24, 2.45) is 0 Å². The number of anilines is 1. The van der Waals surface area contributed by atoms with Crippen molar-refractivity contribution in [2.45, 2.75) is 6.18 Å². The summed E-state index contributed by atoms with van der Waals surface area (Å²) in [6.45, 7) is 0. The molecule has 1 heterocycles. The van der Waals surface area contributed by atoms with Crippen LogP contribution in [-0.4, -0.2) is 22.0 Å². The number of carbonyl (C=O) groups is 1. The molecule has 0 saturated heterocycles. The van der Waals surface area contributed by atoms with Gasteiger partial charge in [-0.25, -0.2) is 4.39 Å². The van der Waals surface area contributed by atoms with Gasteiger partial charge in [0, 0.05) is 5.56 Å². The molecule has 112 valence electrons. The highest BCUT2D eigenvalue weighted by Gasteiger charge is 2.34. The lowest BCUT2D eigenvalue weighted by molar-refractivity contribution is -0.140. The van der Waals surface area contributed by atoms with Crippen molar-refractivity contribution < 1.29 is 22.4 Å². The topological polar surface area (TPSA) is 54.9 Å². The van der Waals surface area contributed by atoms with Gasteiger partial charge in [-0.1, -0.05) is 17.4 Å². The molecule has 4 nitrogen and oxygen atoms in total. The van der Waals surface area contributed by atoms with Crippen LogP contribution < -0.4 is 5.32 Å². The van der Waals surface area contributed by atoms with Gasteiger partial charge in [-0.15, -0.1) is 21.8 Å². The third kappa shape index (κ3) is 3.67. The molecule has 1 aromatic heterocycles. The van der Waals surface area contributed by atoms with E-state index < -0.39 is 23.5 Å². The largest absolute Gasteiger partial charge is 0.419 e. The third-order valence-electron chi connectivity index (χ3n) is 2.31. The third-order valence-corrected chi connectivity index (χ3v) is 3.44. The Morgan fingerprint density at radius 3 is 2.62 bits per heavy atom. The number of amides is 1. The molecule has 0 spiro atoms. The molecule has 0 bridgehead atoms. The van der Waals surface area contributed by atoms with Gasteiger partial charge in [-0.05, 0) is 12.1 Å². The number of alkyl halides is 4. The molecule has 1 aromatic carbocycles. The van der Waals surface area contributed by atoms with Gasteiger partial charge in [0.15, 0.2) is 0 Å². The van der Waals surface area contributed by atoms with Crippen molar-refractivity contribution in [1.82, 2.24) is 10.2 Å². The maximum atomic E-state index is 13.5. The minimum absolute atomic E-state index is 0.121. The summed E-state index contributed by atoms with van der Waals surface area (Å²) in [6.07, 6.45) is -4.76. The first-order valence-electron chi connectivity index (χ1n) is 5.37. The average Bonchev–Trinajstić information content (AvgIpc) is 2.85. The Bertz CT molecular complexity index is 674. The van der Waals surface area contributed by atoms with Crippen LogP contribution in [0.25, 0.3) is 10.6 Å². The zero-order valence-electron chi connectivity index (χ0n) is 10.0. The van der Waals surface area contributed by atoms with E-state index in [0.717, 1.165) is 23.5 Å². The van der Waals surface area contributed by atoms with E-state index in [2.05, 4.69) is 15.5 Å². The van der Waals surface area contributed by atoms with Crippen LogP contribution in [0.4, 0.5) is 22.7 Å². The minimum Gasteiger partial charge on any atom is -0.299 e. The van der Waals surface area contributed by atoms with E-state index in [1.807, 2.05) is 0 Å². The highest BCUT2D eigenvalue weighted by molar-refractivity contribution is 7.18. The fourth-order valence-electron chi connectivity index (χ4n) is 1.42. The Morgan fingerprint density at radius 2 is 2.05 bits per heavy atom. The number of carbonyl (C=O) groups excluding carboxylic acids is 1. The monoisotopic (exact) mass is 339 g/mol. The molecule has 0 radical (unpaired) electrons. The molecule has 0 aliphatic rings. The number of hydrogen-bond donors (Lipinski definition) is 1. The first-order chi connectivity index (χ1) is 9.81. The van der Waals surface area contributed by atoms with Crippen LogP contribution in [0.5, 0.6) is 0 Å². The Balaban J connectivity index is 2.27. The Kier molecular flexibility index (Phi) is 4.43. The van der Waals surface area contributed by atoms with Crippen molar-refractivity contribution >= 4 is 34.0 Å². The van der Waals surface area contributed by atoms with Gasteiger partial charge in [0.2, 0.25) is 11.0 Å². The molecular weight excluding hydrogens is 334 g/mol. The Morgan fingerprint density at radius 1 is 1.33 bits per heavy atom. The lowest BCUT2D eigenvalue weighted by atomic mass is 10.1. The molecule has 2 rings (SSSR count). The van der Waals surface area contributed by atoms with Gasteiger partial charge < -0.3 is 0 Å². The molecule has 0 saturated carbocycles. The molecule has 0 aliphatic heterocycles. The quantitative estimate of drug-likeness (QED) is 0.687. The summed E-state index contributed by atoms with van der Waals surface area (Å²) in [5.74, 6) is -2.18. The lowest BCUT2D eigenvalue weighted by Gasteiger charge is -2.08. The fraction of sp³-hybridized carbons (Fsp3) is 0.182. The van der Waals surface area contributed by atoms with Crippen molar-refractivity contribution in [2.75, 3.05) is 11.2 Å². The number of halogens is 5. The molecule has 1 N–H and O–H groups in total. The second-order valence-corrected chi connectivity index (χ2v) is 5.03. The van der Waals surface area contributed by atoms with Crippen molar-refractivity contribution in [3.05, 3.63) is 29.6 Å². The van der Waals surface area contributed by atoms with E-state index in [4.69, 9.17) is 11.6 Å². The van der Waals surface area contributed by atoms with Crippen LogP contribution in [0.1, 0.15) is 5.56 Å². The van der Waals surface area contributed by atoms with Gasteiger partial charge >= 0.3 is 6.18 Å². The Hall–Kier alpha value is -1.74. The molecule has 21 heavy (non-hydrogen) atoms. The summed E-state index contributed by atoms with van der Waals surface area (Å²) >= 11 is 6.19. The zero-order chi connectivity index (χ0) is 15.6. The van der Waals surface area contributed by atoms with Gasteiger partial charge in [-0.2, -0.15) is 13.2 Å². The summed E-state index contributed by atoms with van der Waals surface area (Å²) in [5.41, 5.74) is -1.23. The summed E-state index contributed by atoms with van der Waals surface area (Å²) in [7, 11) is 0. The van der Waals surface area contributed by atoms with Crippen molar-refractivity contribution in [3.63, 3.8) is 0 Å². The number of rotatable bonds is 3. The summed E-state index contributed by atoms with van der Waals surface area (Å²) in [5, 5.41) is 9.91. The predicted molar refractivity (Wildman–Crippen MR) is 69.7 cm³/mol. The smallest absolute Gasteiger partial charge is 0.299 e. The molecule has 10 heteroatoms. The normalized spacial score (nSPS) is 11.5. The molecule has 1 amide bonds. The predicted octanol–water partition coefficient (Wildman–Crippen LogP) is 3.54. The van der Waals surface area contributed by atoms with Crippen LogP contribution in [-0.2, 0) is 11.0 Å². The van der Waals surface area contributed by atoms with Crippen LogP contribution in [0.3, 0.4) is 0 Å². The second-order valence-electron chi connectivity index (χ2n) is 3.79. The maximum absolute atomic E-state index is 13.5. The maximum Gasteiger partial charge on any atom is 0.419 e. The van der Waals surface area contributed by atoms with E-state index >= 15 is 0 Å². The molecule has 0 unspecified atom stereocenters. The Labute approximate surface area is 124 Å². The SMILES string of the molecule is O=C(CCl)Nc1nnc(-c2ccc(C(F)(F)F)c(F)c2)s1. The minimum atomic E-state index is -4.76. The van der Waals surface area contributed by atoms with Gasteiger partial charge in [0.25, 0.3) is 0 Å². The van der Waals surface area contributed by atoms with E-state index in [1.165, 1.54) is 0 Å². The summed E-state index contributed by atoms with van der Waals surface area (Å²) in [4.78, 5) is 11.0. The van der Waals surface area contributed by atoms with Gasteiger partial charge in [0.05, 0.1) is 5.56 Å². The highest BCUT2D eigenvalue weighted by Crippen LogP contribution is 2.34. The number of nitrogens with one attached hydrogen (secondary N) is 1. The van der Waals surface area contributed by atoms with Crippen LogP contribution >= 0.6 is 22.9 Å².